The molecule has 4 rings (SSSR count). The molecule has 3 N–H and O–H groups in total. The lowest BCUT2D eigenvalue weighted by atomic mass is 10.0. The Balaban J connectivity index is 1.65. The first-order chi connectivity index (χ1) is 16.4. The van der Waals surface area contributed by atoms with Crippen LogP contribution >= 0.6 is 0 Å². The molecule has 10 heteroatoms. The number of amides is 1. The monoisotopic (exact) mass is 487 g/mol. The lowest BCUT2D eigenvalue weighted by Crippen LogP contribution is -2.28. The molecule has 2 atom stereocenters. The predicted molar refractivity (Wildman–Crippen MR) is 128 cm³/mol. The number of nitrogens with one attached hydrogen (secondary N) is 1. The summed E-state index contributed by atoms with van der Waals surface area (Å²) in [6.45, 7) is 8.14. The summed E-state index contributed by atoms with van der Waals surface area (Å²) in [7, 11) is 0. The van der Waals surface area contributed by atoms with Crippen molar-refractivity contribution in [3.63, 3.8) is 0 Å². The number of halogens is 3. The number of likely N-dealkylation sites (tertiary alicyclic amines) is 1. The number of nitrogens with two attached hydrogens (primary N) is 1. The summed E-state index contributed by atoms with van der Waals surface area (Å²) < 4.78 is 46.1. The zero-order valence-corrected chi connectivity index (χ0v) is 20.0. The van der Waals surface area contributed by atoms with Gasteiger partial charge in [-0.05, 0) is 62.2 Å². The number of rotatable bonds is 5. The Morgan fingerprint density at radius 1 is 1.20 bits per heavy atom. The molecule has 0 unspecified atom stereocenters. The second kappa shape index (κ2) is 9.24. The van der Waals surface area contributed by atoms with Gasteiger partial charge in [0.2, 0.25) is 5.91 Å². The summed E-state index contributed by atoms with van der Waals surface area (Å²) in [4.78, 5) is 22.4. The maximum atomic E-state index is 13.3. The van der Waals surface area contributed by atoms with Crippen molar-refractivity contribution in [1.82, 2.24) is 14.9 Å². The van der Waals surface area contributed by atoms with Crippen LogP contribution < -0.4 is 15.8 Å². The van der Waals surface area contributed by atoms with Crippen LogP contribution in [-0.2, 0) is 11.0 Å². The first-order valence-electron chi connectivity index (χ1n) is 11.4. The van der Waals surface area contributed by atoms with E-state index in [1.807, 2.05) is 19.1 Å². The van der Waals surface area contributed by atoms with Gasteiger partial charge >= 0.3 is 6.18 Å². The third-order valence-electron chi connectivity index (χ3n) is 6.15. The molecule has 186 valence electrons. The molecule has 1 fully saturated rings. The van der Waals surface area contributed by atoms with Crippen molar-refractivity contribution in [2.45, 2.75) is 52.4 Å². The molecule has 7 nitrogen and oxygen atoms in total. The van der Waals surface area contributed by atoms with Gasteiger partial charge < -0.3 is 20.7 Å². The fraction of sp³-hybridized carbons (Fsp3) is 0.400. The number of benzene rings is 2. The van der Waals surface area contributed by atoms with E-state index in [2.05, 4.69) is 15.3 Å². The Morgan fingerprint density at radius 3 is 2.60 bits per heavy atom. The van der Waals surface area contributed by atoms with Crippen molar-refractivity contribution in [1.29, 1.82) is 0 Å². The number of aryl methyl sites for hydroxylation is 2. The zero-order valence-electron chi connectivity index (χ0n) is 20.0. The first kappa shape index (κ1) is 24.6. The Kier molecular flexibility index (Phi) is 6.48. The third-order valence-corrected chi connectivity index (χ3v) is 6.15. The SMILES string of the molecule is CC(=O)N1CC[C@H](Oc2cc3c(N[C@@H](C)c4cc(N)cc(C(F)(F)F)c4)nc(C)nc3cc2C)C1. The summed E-state index contributed by atoms with van der Waals surface area (Å²) >= 11 is 0. The number of carbonyl (C=O) groups excluding carboxylic acids is 1. The van der Waals surface area contributed by atoms with Gasteiger partial charge in [-0.1, -0.05) is 0 Å². The molecule has 1 aromatic heterocycles. The van der Waals surface area contributed by atoms with Crippen LogP contribution in [0.2, 0.25) is 0 Å². The van der Waals surface area contributed by atoms with Gasteiger partial charge in [0.05, 0.1) is 23.7 Å². The maximum Gasteiger partial charge on any atom is 0.416 e. The van der Waals surface area contributed by atoms with E-state index < -0.39 is 17.8 Å². The van der Waals surface area contributed by atoms with Gasteiger partial charge in [0, 0.05) is 31.0 Å². The molecule has 1 aliphatic rings. The maximum absolute atomic E-state index is 13.3. The third kappa shape index (κ3) is 5.41. The molecular weight excluding hydrogens is 459 g/mol. The molecule has 1 aliphatic heterocycles. The van der Waals surface area contributed by atoms with Crippen LogP contribution in [0.1, 0.15) is 48.8 Å². The number of carbonyl (C=O) groups is 1. The van der Waals surface area contributed by atoms with Crippen LogP contribution in [0.3, 0.4) is 0 Å². The fourth-order valence-electron chi connectivity index (χ4n) is 4.28. The highest BCUT2D eigenvalue weighted by Crippen LogP contribution is 2.35. The van der Waals surface area contributed by atoms with Gasteiger partial charge in [0.15, 0.2) is 0 Å². The van der Waals surface area contributed by atoms with Crippen LogP contribution in [-0.4, -0.2) is 40.0 Å². The van der Waals surface area contributed by atoms with Gasteiger partial charge in [0.25, 0.3) is 0 Å². The minimum atomic E-state index is -4.50. The number of nitrogen functional groups attached to an aromatic ring is 1. The number of hydrogen-bond donors (Lipinski definition) is 2. The standard InChI is InChI=1S/C25H28F3N5O2/c1-13-7-22-21(11-23(13)35-20-5-6-33(12-20)16(4)34)24(32-15(3)31-22)30-14(2)17-8-18(25(26,27)28)10-19(29)9-17/h7-11,14,20H,5-6,12,29H2,1-4H3,(H,30,31,32)/t14-,20-/m0/s1. The minimum Gasteiger partial charge on any atom is -0.488 e. The van der Waals surface area contributed by atoms with Gasteiger partial charge in [0.1, 0.15) is 23.5 Å². The summed E-state index contributed by atoms with van der Waals surface area (Å²) in [6, 6.07) is 6.75. The Bertz CT molecular complexity index is 1280. The lowest BCUT2D eigenvalue weighted by Gasteiger charge is -2.20. The quantitative estimate of drug-likeness (QED) is 0.491. The smallest absolute Gasteiger partial charge is 0.416 e. The number of ether oxygens (including phenoxy) is 1. The highest BCUT2D eigenvalue weighted by Gasteiger charge is 2.31. The van der Waals surface area contributed by atoms with Gasteiger partial charge in [-0.15, -0.1) is 0 Å². The predicted octanol–water partition coefficient (Wildman–Crippen LogP) is 5.02. The fourth-order valence-corrected chi connectivity index (χ4v) is 4.28. The Morgan fingerprint density at radius 2 is 1.94 bits per heavy atom. The number of anilines is 2. The Labute approximate surface area is 201 Å². The van der Waals surface area contributed by atoms with Crippen molar-refractivity contribution >= 4 is 28.3 Å². The second-order valence-electron chi connectivity index (χ2n) is 9.00. The van der Waals surface area contributed by atoms with Gasteiger partial charge in [-0.2, -0.15) is 13.2 Å². The van der Waals surface area contributed by atoms with Crippen molar-refractivity contribution < 1.29 is 22.7 Å². The number of aromatic nitrogens is 2. The molecule has 0 bridgehead atoms. The zero-order chi connectivity index (χ0) is 25.5. The molecule has 1 amide bonds. The van der Waals surface area contributed by atoms with E-state index in [1.54, 1.807) is 25.7 Å². The molecule has 0 aliphatic carbocycles. The highest BCUT2D eigenvalue weighted by molar-refractivity contribution is 5.91. The summed E-state index contributed by atoms with van der Waals surface area (Å²) in [5.41, 5.74) is 6.96. The van der Waals surface area contributed by atoms with Crippen molar-refractivity contribution in [3.8, 4) is 5.75 Å². The number of alkyl halides is 3. The summed E-state index contributed by atoms with van der Waals surface area (Å²) in [5, 5.41) is 3.91. The van der Waals surface area contributed by atoms with E-state index in [9.17, 15) is 18.0 Å². The topological polar surface area (TPSA) is 93.4 Å². The van der Waals surface area contributed by atoms with Crippen molar-refractivity contribution in [2.24, 2.45) is 0 Å². The van der Waals surface area contributed by atoms with E-state index in [-0.39, 0.29) is 17.7 Å². The van der Waals surface area contributed by atoms with Crippen LogP contribution in [0.5, 0.6) is 5.75 Å². The van der Waals surface area contributed by atoms with Gasteiger partial charge in [-0.3, -0.25) is 4.79 Å². The van der Waals surface area contributed by atoms with E-state index in [0.29, 0.717) is 46.9 Å². The average molecular weight is 488 g/mol. The summed E-state index contributed by atoms with van der Waals surface area (Å²) in [6.07, 6.45) is -3.88. The van der Waals surface area contributed by atoms with E-state index >= 15 is 0 Å². The molecule has 3 aromatic rings. The van der Waals surface area contributed by atoms with Crippen LogP contribution in [0, 0.1) is 13.8 Å². The van der Waals surface area contributed by atoms with E-state index in [4.69, 9.17) is 10.5 Å². The average Bonchev–Trinajstić information content (AvgIpc) is 3.22. The van der Waals surface area contributed by atoms with Gasteiger partial charge in [-0.25, -0.2) is 9.97 Å². The van der Waals surface area contributed by atoms with Crippen LogP contribution in [0.15, 0.2) is 30.3 Å². The van der Waals surface area contributed by atoms with Crippen molar-refractivity contribution in [2.75, 3.05) is 24.1 Å². The van der Waals surface area contributed by atoms with Crippen molar-refractivity contribution in [3.05, 3.63) is 52.8 Å². The number of fused-ring (bicyclic) bond motifs is 1. The van der Waals surface area contributed by atoms with E-state index in [0.717, 1.165) is 24.1 Å². The molecule has 35 heavy (non-hydrogen) atoms. The molecule has 0 radical (unpaired) electrons. The first-order valence-corrected chi connectivity index (χ1v) is 11.4. The molecule has 2 aromatic carbocycles. The normalized spacial score (nSPS) is 17.0. The second-order valence-corrected chi connectivity index (χ2v) is 9.00. The molecule has 1 saturated heterocycles. The molecule has 2 heterocycles. The number of nitrogens with zero attached hydrogens (tertiary/aromatic N) is 3. The largest absolute Gasteiger partial charge is 0.488 e. The van der Waals surface area contributed by atoms with E-state index in [1.165, 1.54) is 6.07 Å². The molecule has 0 saturated carbocycles. The lowest BCUT2D eigenvalue weighted by molar-refractivity contribution is -0.137. The highest BCUT2D eigenvalue weighted by atomic mass is 19.4. The molecular formula is C25H28F3N5O2. The van der Waals surface area contributed by atoms with Crippen LogP contribution in [0.4, 0.5) is 24.7 Å². The Hall–Kier alpha value is -3.56. The van der Waals surface area contributed by atoms with Crippen LogP contribution in [0.25, 0.3) is 10.9 Å². The minimum absolute atomic E-state index is 0.0194. The molecule has 0 spiro atoms. The number of hydrogen-bond acceptors (Lipinski definition) is 6. The summed E-state index contributed by atoms with van der Waals surface area (Å²) in [5.74, 6) is 1.68.